The first kappa shape index (κ1) is 11.1. The molecule has 2 aliphatic carbocycles. The quantitative estimate of drug-likeness (QED) is 0.850. The summed E-state index contributed by atoms with van der Waals surface area (Å²) in [6.45, 7) is 0. The van der Waals surface area contributed by atoms with E-state index in [1.807, 2.05) is 0 Å². The van der Waals surface area contributed by atoms with Crippen molar-refractivity contribution in [2.75, 3.05) is 11.1 Å². The van der Waals surface area contributed by atoms with E-state index in [1.54, 1.807) is 6.07 Å². The lowest BCUT2D eigenvalue weighted by Gasteiger charge is -2.28. The molecule has 0 aromatic carbocycles. The van der Waals surface area contributed by atoms with Crippen molar-refractivity contribution in [1.82, 2.24) is 10.2 Å². The number of halogens is 1. The Bertz CT molecular complexity index is 411. The predicted molar refractivity (Wildman–Crippen MR) is 68.9 cm³/mol. The Balaban J connectivity index is 1.70. The number of hydrogen-bond donors (Lipinski definition) is 2. The van der Waals surface area contributed by atoms with E-state index in [4.69, 9.17) is 17.3 Å². The SMILES string of the molecule is Nc1cc(Cl)nnc1NC1CC2CC[C@@H](C2)C1. The Hall–Kier alpha value is -1.03. The molecule has 17 heavy (non-hydrogen) atoms. The Morgan fingerprint density at radius 3 is 2.53 bits per heavy atom. The van der Waals surface area contributed by atoms with Crippen molar-refractivity contribution >= 4 is 23.1 Å². The molecule has 2 fully saturated rings. The lowest BCUT2D eigenvalue weighted by Crippen LogP contribution is -2.28. The van der Waals surface area contributed by atoms with E-state index in [9.17, 15) is 0 Å². The highest BCUT2D eigenvalue weighted by Crippen LogP contribution is 2.42. The first-order valence-electron chi connectivity index (χ1n) is 6.26. The molecule has 2 unspecified atom stereocenters. The maximum atomic E-state index is 5.87. The van der Waals surface area contributed by atoms with Crippen molar-refractivity contribution in [3.05, 3.63) is 11.2 Å². The van der Waals surface area contributed by atoms with E-state index in [1.165, 1.54) is 32.1 Å². The average Bonchev–Trinajstić information content (AvgIpc) is 2.62. The number of nitrogens with two attached hydrogens (primary N) is 1. The number of hydrogen-bond acceptors (Lipinski definition) is 4. The molecule has 2 saturated carbocycles. The van der Waals surface area contributed by atoms with Gasteiger partial charge in [0.05, 0.1) is 5.69 Å². The minimum Gasteiger partial charge on any atom is -0.396 e. The fourth-order valence-electron chi connectivity index (χ4n) is 3.31. The molecule has 3 N–H and O–H groups in total. The van der Waals surface area contributed by atoms with Gasteiger partial charge in [-0.25, -0.2) is 0 Å². The highest BCUT2D eigenvalue weighted by atomic mass is 35.5. The van der Waals surface area contributed by atoms with Crippen LogP contribution in [-0.4, -0.2) is 16.2 Å². The number of rotatable bonds is 2. The predicted octanol–water partition coefficient (Wildman–Crippen LogP) is 2.70. The zero-order chi connectivity index (χ0) is 11.8. The average molecular weight is 253 g/mol. The van der Waals surface area contributed by atoms with Crippen molar-refractivity contribution in [3.8, 4) is 0 Å². The van der Waals surface area contributed by atoms with Crippen LogP contribution in [0.25, 0.3) is 0 Å². The van der Waals surface area contributed by atoms with Crippen LogP contribution in [0.2, 0.25) is 5.15 Å². The lowest BCUT2D eigenvalue weighted by molar-refractivity contribution is 0.333. The summed E-state index contributed by atoms with van der Waals surface area (Å²) in [5.41, 5.74) is 6.46. The summed E-state index contributed by atoms with van der Waals surface area (Å²) < 4.78 is 0. The Labute approximate surface area is 106 Å². The topological polar surface area (TPSA) is 63.8 Å². The first-order valence-corrected chi connectivity index (χ1v) is 6.63. The summed E-state index contributed by atoms with van der Waals surface area (Å²) in [5.74, 6) is 2.47. The summed E-state index contributed by atoms with van der Waals surface area (Å²) in [6, 6.07) is 2.15. The van der Waals surface area contributed by atoms with E-state index in [0.29, 0.717) is 22.7 Å². The second-order valence-corrected chi connectivity index (χ2v) is 5.72. The molecule has 2 bridgehead atoms. The van der Waals surface area contributed by atoms with Gasteiger partial charge in [-0.2, -0.15) is 0 Å². The molecule has 1 heterocycles. The monoisotopic (exact) mass is 252 g/mol. The van der Waals surface area contributed by atoms with E-state index in [0.717, 1.165) is 11.8 Å². The summed E-state index contributed by atoms with van der Waals surface area (Å²) in [4.78, 5) is 0. The Morgan fingerprint density at radius 2 is 1.88 bits per heavy atom. The van der Waals surface area contributed by atoms with Crippen molar-refractivity contribution in [2.45, 2.75) is 38.1 Å². The van der Waals surface area contributed by atoms with Crippen molar-refractivity contribution in [1.29, 1.82) is 0 Å². The summed E-state index contributed by atoms with van der Waals surface area (Å²) in [5, 5.41) is 11.6. The second kappa shape index (κ2) is 4.33. The Morgan fingerprint density at radius 1 is 1.18 bits per heavy atom. The van der Waals surface area contributed by atoms with Gasteiger partial charge < -0.3 is 11.1 Å². The second-order valence-electron chi connectivity index (χ2n) is 5.33. The van der Waals surface area contributed by atoms with Crippen LogP contribution in [0, 0.1) is 11.8 Å². The summed E-state index contributed by atoms with van der Waals surface area (Å²) in [6.07, 6.45) is 6.68. The van der Waals surface area contributed by atoms with Gasteiger partial charge in [0, 0.05) is 12.1 Å². The van der Waals surface area contributed by atoms with E-state index in [-0.39, 0.29) is 0 Å². The number of nitrogen functional groups attached to an aromatic ring is 1. The van der Waals surface area contributed by atoms with Gasteiger partial charge in [0.1, 0.15) is 0 Å². The van der Waals surface area contributed by atoms with Crippen LogP contribution in [-0.2, 0) is 0 Å². The van der Waals surface area contributed by atoms with Crippen LogP contribution >= 0.6 is 11.6 Å². The van der Waals surface area contributed by atoms with Gasteiger partial charge in [0.15, 0.2) is 11.0 Å². The third kappa shape index (κ3) is 2.32. The lowest BCUT2D eigenvalue weighted by atomic mass is 9.85. The van der Waals surface area contributed by atoms with Gasteiger partial charge in [-0.05, 0) is 31.1 Å². The van der Waals surface area contributed by atoms with Gasteiger partial charge in [0.25, 0.3) is 0 Å². The van der Waals surface area contributed by atoms with Crippen LogP contribution in [0.15, 0.2) is 6.07 Å². The maximum Gasteiger partial charge on any atom is 0.172 e. The van der Waals surface area contributed by atoms with Crippen LogP contribution < -0.4 is 11.1 Å². The molecule has 0 aliphatic heterocycles. The number of aromatic nitrogens is 2. The van der Waals surface area contributed by atoms with Gasteiger partial charge in [-0.1, -0.05) is 24.4 Å². The van der Waals surface area contributed by atoms with E-state index >= 15 is 0 Å². The van der Waals surface area contributed by atoms with Crippen LogP contribution in [0.3, 0.4) is 0 Å². The maximum absolute atomic E-state index is 5.87. The minimum atomic E-state index is 0.344. The normalized spacial score (nSPS) is 31.5. The van der Waals surface area contributed by atoms with Gasteiger partial charge >= 0.3 is 0 Å². The molecule has 2 aliphatic rings. The van der Waals surface area contributed by atoms with Crippen molar-refractivity contribution in [3.63, 3.8) is 0 Å². The molecule has 0 radical (unpaired) electrons. The molecule has 1 aromatic heterocycles. The number of nitrogens with zero attached hydrogens (tertiary/aromatic N) is 2. The molecule has 4 nitrogen and oxygen atoms in total. The molecule has 5 heteroatoms. The standard InChI is InChI=1S/C12H17ClN4/c13-11-6-10(14)12(17-16-11)15-9-4-7-1-2-8(3-7)5-9/h6-9H,1-5H2,(H2,14,16)(H,15,17)/t7-,8?,9?/m0/s1. The van der Waals surface area contributed by atoms with Crippen molar-refractivity contribution < 1.29 is 0 Å². The van der Waals surface area contributed by atoms with Crippen LogP contribution in [0.4, 0.5) is 11.5 Å². The van der Waals surface area contributed by atoms with Crippen molar-refractivity contribution in [2.24, 2.45) is 11.8 Å². The largest absolute Gasteiger partial charge is 0.396 e. The van der Waals surface area contributed by atoms with Gasteiger partial charge in [0.2, 0.25) is 0 Å². The molecule has 3 atom stereocenters. The van der Waals surface area contributed by atoms with Crippen LogP contribution in [0.5, 0.6) is 0 Å². The fraction of sp³-hybridized carbons (Fsp3) is 0.667. The van der Waals surface area contributed by atoms with E-state index < -0.39 is 0 Å². The molecule has 1 aromatic rings. The molecule has 0 amide bonds. The molecular weight excluding hydrogens is 236 g/mol. The summed E-state index contributed by atoms with van der Waals surface area (Å²) >= 11 is 5.73. The number of nitrogens with one attached hydrogen (secondary N) is 1. The number of fused-ring (bicyclic) bond motifs is 2. The van der Waals surface area contributed by atoms with Gasteiger partial charge in [-0.3, -0.25) is 0 Å². The molecule has 0 saturated heterocycles. The number of anilines is 2. The summed E-state index contributed by atoms with van der Waals surface area (Å²) in [7, 11) is 0. The van der Waals surface area contributed by atoms with Gasteiger partial charge in [-0.15, -0.1) is 10.2 Å². The molecular formula is C12H17ClN4. The smallest absolute Gasteiger partial charge is 0.172 e. The van der Waals surface area contributed by atoms with E-state index in [2.05, 4.69) is 15.5 Å². The molecule has 92 valence electrons. The molecule has 3 rings (SSSR count). The fourth-order valence-corrected chi connectivity index (χ4v) is 3.47. The minimum absolute atomic E-state index is 0.344. The first-order chi connectivity index (χ1) is 8.20. The third-order valence-corrected chi connectivity index (χ3v) is 4.20. The zero-order valence-corrected chi connectivity index (χ0v) is 10.5. The van der Waals surface area contributed by atoms with Crippen LogP contribution in [0.1, 0.15) is 32.1 Å². The zero-order valence-electron chi connectivity index (χ0n) is 9.69. The highest BCUT2D eigenvalue weighted by Gasteiger charge is 2.34. The third-order valence-electron chi connectivity index (χ3n) is 4.02. The highest BCUT2D eigenvalue weighted by molar-refractivity contribution is 6.29. The Kier molecular flexibility index (Phi) is 2.82. The molecule has 0 spiro atoms.